The molecule has 0 radical (unpaired) electrons. The molecule has 1 N–H and O–H groups in total. The first kappa shape index (κ1) is 23.2. The number of hydrogen-bond donors (Lipinski definition) is 1. The second-order valence-corrected chi connectivity index (χ2v) is 6.72. The van der Waals surface area contributed by atoms with Crippen LogP contribution < -0.4 is 5.32 Å². The van der Waals surface area contributed by atoms with Crippen LogP contribution in [-0.4, -0.2) is 49.8 Å². The molecule has 148 valence electrons. The van der Waals surface area contributed by atoms with E-state index in [0.29, 0.717) is 12.7 Å². The zero-order valence-electron chi connectivity index (χ0n) is 16.5. The number of rotatable bonds is 7. The molecule has 1 aromatic rings. The highest BCUT2D eigenvalue weighted by Crippen LogP contribution is 2.14. The van der Waals surface area contributed by atoms with Crippen LogP contribution in [0.15, 0.2) is 29.3 Å². The Hall–Kier alpha value is -0.860. The number of piperidine rings is 1. The van der Waals surface area contributed by atoms with Crippen LogP contribution in [-0.2, 0) is 22.6 Å². The summed E-state index contributed by atoms with van der Waals surface area (Å²) in [5.41, 5.74) is 2.45. The molecule has 6 heteroatoms. The Bertz CT molecular complexity index is 544. The Kier molecular flexibility index (Phi) is 11.2. The van der Waals surface area contributed by atoms with E-state index in [4.69, 9.17) is 9.47 Å². The summed E-state index contributed by atoms with van der Waals surface area (Å²) in [5.74, 6) is 0.971. The molecule has 0 spiro atoms. The minimum absolute atomic E-state index is 0. The summed E-state index contributed by atoms with van der Waals surface area (Å²) in [5, 5.41) is 3.49. The number of aliphatic imine (C=N–C) groups is 1. The SMILES string of the molecule is CCOC1CCN(C(=NC)NCc2cccc(COC(C)C)c2)CC1.I. The van der Waals surface area contributed by atoms with Crippen LogP contribution in [0.1, 0.15) is 44.7 Å². The monoisotopic (exact) mass is 475 g/mol. The number of guanidine groups is 1. The summed E-state index contributed by atoms with van der Waals surface area (Å²) in [6, 6.07) is 8.54. The van der Waals surface area contributed by atoms with Crippen molar-refractivity contribution in [3.8, 4) is 0 Å². The van der Waals surface area contributed by atoms with Crippen molar-refractivity contribution in [2.75, 3.05) is 26.7 Å². The van der Waals surface area contributed by atoms with E-state index in [-0.39, 0.29) is 30.1 Å². The first-order valence-electron chi connectivity index (χ1n) is 9.39. The molecule has 1 aliphatic rings. The molecule has 1 heterocycles. The van der Waals surface area contributed by atoms with Gasteiger partial charge in [0.2, 0.25) is 0 Å². The molecule has 0 unspecified atom stereocenters. The molecular formula is C20H34IN3O2. The zero-order valence-corrected chi connectivity index (χ0v) is 18.9. The van der Waals surface area contributed by atoms with Crippen molar-refractivity contribution in [3.05, 3.63) is 35.4 Å². The predicted molar refractivity (Wildman–Crippen MR) is 118 cm³/mol. The van der Waals surface area contributed by atoms with Gasteiger partial charge in [-0.1, -0.05) is 24.3 Å². The fourth-order valence-electron chi connectivity index (χ4n) is 3.08. The fourth-order valence-corrected chi connectivity index (χ4v) is 3.08. The predicted octanol–water partition coefficient (Wildman–Crippen LogP) is 3.81. The lowest BCUT2D eigenvalue weighted by atomic mass is 10.1. The molecule has 1 fully saturated rings. The standard InChI is InChI=1S/C20H33N3O2.HI/c1-5-24-19-9-11-23(12-10-19)20(21-4)22-14-17-7-6-8-18(13-17)15-25-16(2)3;/h6-8,13,16,19H,5,9-12,14-15H2,1-4H3,(H,21,22);1H. The highest BCUT2D eigenvalue weighted by molar-refractivity contribution is 14.0. The number of hydrogen-bond acceptors (Lipinski definition) is 3. The summed E-state index contributed by atoms with van der Waals surface area (Å²) < 4.78 is 11.4. The van der Waals surface area contributed by atoms with E-state index in [9.17, 15) is 0 Å². The van der Waals surface area contributed by atoms with Gasteiger partial charge in [0.15, 0.2) is 5.96 Å². The molecule has 0 saturated carbocycles. The molecule has 0 aromatic heterocycles. The molecule has 1 aliphatic heterocycles. The molecule has 1 aromatic carbocycles. The average Bonchev–Trinajstić information content (AvgIpc) is 2.62. The van der Waals surface area contributed by atoms with Gasteiger partial charge in [0.1, 0.15) is 0 Å². The maximum atomic E-state index is 5.73. The van der Waals surface area contributed by atoms with Crippen molar-refractivity contribution >= 4 is 29.9 Å². The largest absolute Gasteiger partial charge is 0.378 e. The van der Waals surface area contributed by atoms with Crippen molar-refractivity contribution < 1.29 is 9.47 Å². The Morgan fingerprint density at radius 2 is 1.96 bits per heavy atom. The fraction of sp³-hybridized carbons (Fsp3) is 0.650. The van der Waals surface area contributed by atoms with Crippen molar-refractivity contribution in [2.24, 2.45) is 4.99 Å². The summed E-state index contributed by atoms with van der Waals surface area (Å²) in [4.78, 5) is 6.77. The first-order valence-corrected chi connectivity index (χ1v) is 9.39. The summed E-state index contributed by atoms with van der Waals surface area (Å²) >= 11 is 0. The maximum Gasteiger partial charge on any atom is 0.193 e. The molecule has 1 saturated heterocycles. The molecule has 26 heavy (non-hydrogen) atoms. The van der Waals surface area contributed by atoms with Crippen molar-refractivity contribution in [1.82, 2.24) is 10.2 Å². The van der Waals surface area contributed by atoms with Gasteiger partial charge >= 0.3 is 0 Å². The average molecular weight is 475 g/mol. The van der Waals surface area contributed by atoms with Gasteiger partial charge in [-0.15, -0.1) is 24.0 Å². The van der Waals surface area contributed by atoms with Crippen molar-refractivity contribution in [3.63, 3.8) is 0 Å². The number of nitrogens with one attached hydrogen (secondary N) is 1. The molecule has 0 atom stereocenters. The second-order valence-electron chi connectivity index (χ2n) is 6.72. The van der Waals surface area contributed by atoms with Gasteiger partial charge in [-0.3, -0.25) is 4.99 Å². The number of nitrogens with zero attached hydrogens (tertiary/aromatic N) is 2. The molecule has 5 nitrogen and oxygen atoms in total. The van der Waals surface area contributed by atoms with E-state index in [0.717, 1.165) is 45.0 Å². The van der Waals surface area contributed by atoms with Gasteiger partial charge in [0, 0.05) is 33.3 Å². The van der Waals surface area contributed by atoms with Gasteiger partial charge < -0.3 is 19.7 Å². The van der Waals surface area contributed by atoms with Crippen molar-refractivity contribution in [2.45, 2.75) is 59.0 Å². The van der Waals surface area contributed by atoms with E-state index in [1.54, 1.807) is 0 Å². The lowest BCUT2D eigenvalue weighted by Crippen LogP contribution is -2.46. The Morgan fingerprint density at radius 1 is 1.27 bits per heavy atom. The van der Waals surface area contributed by atoms with Crippen LogP contribution in [0.25, 0.3) is 0 Å². The highest BCUT2D eigenvalue weighted by Gasteiger charge is 2.21. The Balaban J connectivity index is 0.00000338. The van der Waals surface area contributed by atoms with Crippen LogP contribution in [0.4, 0.5) is 0 Å². The van der Waals surface area contributed by atoms with Gasteiger partial charge in [-0.2, -0.15) is 0 Å². The summed E-state index contributed by atoms with van der Waals surface area (Å²) in [6.07, 6.45) is 2.78. The maximum absolute atomic E-state index is 5.73. The van der Waals surface area contributed by atoms with Crippen LogP contribution in [0.2, 0.25) is 0 Å². The Labute approximate surface area is 175 Å². The minimum Gasteiger partial charge on any atom is -0.378 e. The second kappa shape index (κ2) is 12.5. The molecular weight excluding hydrogens is 441 g/mol. The molecule has 0 bridgehead atoms. The lowest BCUT2D eigenvalue weighted by Gasteiger charge is -2.34. The third-order valence-corrected chi connectivity index (χ3v) is 4.38. The van der Waals surface area contributed by atoms with E-state index >= 15 is 0 Å². The number of likely N-dealkylation sites (tertiary alicyclic amines) is 1. The van der Waals surface area contributed by atoms with Gasteiger partial charge in [0.05, 0.1) is 18.8 Å². The zero-order chi connectivity index (χ0) is 18.1. The molecule has 2 rings (SSSR count). The third kappa shape index (κ3) is 7.80. The van der Waals surface area contributed by atoms with Crippen molar-refractivity contribution in [1.29, 1.82) is 0 Å². The van der Waals surface area contributed by atoms with Gasteiger partial charge in [0.25, 0.3) is 0 Å². The van der Waals surface area contributed by atoms with Gasteiger partial charge in [-0.25, -0.2) is 0 Å². The minimum atomic E-state index is 0. The topological polar surface area (TPSA) is 46.1 Å². The normalized spacial score (nSPS) is 15.9. The van der Waals surface area contributed by atoms with Crippen LogP contribution in [0, 0.1) is 0 Å². The number of ether oxygens (including phenoxy) is 2. The first-order chi connectivity index (χ1) is 12.1. The smallest absolute Gasteiger partial charge is 0.193 e. The molecule has 0 aliphatic carbocycles. The van der Waals surface area contributed by atoms with E-state index in [2.05, 4.69) is 60.2 Å². The number of benzene rings is 1. The van der Waals surface area contributed by atoms with E-state index in [1.165, 1.54) is 11.1 Å². The number of halogens is 1. The highest BCUT2D eigenvalue weighted by atomic mass is 127. The van der Waals surface area contributed by atoms with Gasteiger partial charge in [-0.05, 0) is 44.7 Å². The van der Waals surface area contributed by atoms with Crippen LogP contribution in [0.5, 0.6) is 0 Å². The lowest BCUT2D eigenvalue weighted by molar-refractivity contribution is 0.0263. The summed E-state index contributed by atoms with van der Waals surface area (Å²) in [6.45, 7) is 10.4. The van der Waals surface area contributed by atoms with E-state index < -0.39 is 0 Å². The van der Waals surface area contributed by atoms with Crippen LogP contribution >= 0.6 is 24.0 Å². The van der Waals surface area contributed by atoms with Crippen LogP contribution in [0.3, 0.4) is 0 Å². The molecule has 0 amide bonds. The third-order valence-electron chi connectivity index (χ3n) is 4.38. The quantitative estimate of drug-likeness (QED) is 0.370. The Morgan fingerprint density at radius 3 is 2.58 bits per heavy atom. The summed E-state index contributed by atoms with van der Waals surface area (Å²) in [7, 11) is 1.85. The van der Waals surface area contributed by atoms with E-state index in [1.807, 2.05) is 7.05 Å².